The van der Waals surface area contributed by atoms with Crippen LogP contribution < -0.4 is 10.9 Å². The van der Waals surface area contributed by atoms with Gasteiger partial charge in [-0.3, -0.25) is 14.2 Å². The van der Waals surface area contributed by atoms with Crippen molar-refractivity contribution in [3.8, 4) is 0 Å². The molecule has 0 radical (unpaired) electrons. The zero-order valence-electron chi connectivity index (χ0n) is 13.4. The second-order valence-corrected chi connectivity index (χ2v) is 7.42. The normalized spacial score (nSPS) is 12.1. The summed E-state index contributed by atoms with van der Waals surface area (Å²) in [4.78, 5) is 29.1. The number of amides is 1. The lowest BCUT2D eigenvalue weighted by Crippen LogP contribution is -2.34. The van der Waals surface area contributed by atoms with Crippen molar-refractivity contribution >= 4 is 48.7 Å². The molecule has 1 N–H and O–H groups in total. The summed E-state index contributed by atoms with van der Waals surface area (Å²) in [5, 5.41) is 3.38. The van der Waals surface area contributed by atoms with Crippen LogP contribution in [0.15, 0.2) is 62.5 Å². The lowest BCUT2D eigenvalue weighted by Gasteiger charge is -2.16. The first-order valence-electron chi connectivity index (χ1n) is 7.64. The van der Waals surface area contributed by atoms with Crippen LogP contribution in [0.25, 0.3) is 10.9 Å². The molecule has 128 valence electrons. The number of nitrogens with one attached hydrogen (secondary N) is 1. The molecule has 0 aliphatic rings. The fraction of sp³-hybridized carbons (Fsp3) is 0.167. The molecule has 0 saturated heterocycles. The summed E-state index contributed by atoms with van der Waals surface area (Å²) in [6.45, 7) is 1.82. The van der Waals surface area contributed by atoms with Gasteiger partial charge >= 0.3 is 0 Å². The molecular weight excluding hydrogens is 450 g/mol. The second kappa shape index (κ2) is 7.49. The van der Waals surface area contributed by atoms with E-state index in [2.05, 4.69) is 42.2 Å². The number of nitrogens with zero attached hydrogens (tertiary/aromatic N) is 2. The average molecular weight is 465 g/mol. The maximum absolute atomic E-state index is 12.5. The van der Waals surface area contributed by atoms with E-state index in [0.717, 1.165) is 14.5 Å². The Morgan fingerprint density at radius 2 is 2.00 bits per heavy atom. The Hall–Kier alpha value is -1.99. The Morgan fingerprint density at radius 1 is 1.24 bits per heavy atom. The van der Waals surface area contributed by atoms with E-state index in [4.69, 9.17) is 0 Å². The third-order valence-electron chi connectivity index (χ3n) is 3.85. The van der Waals surface area contributed by atoms with Gasteiger partial charge in [0.25, 0.3) is 5.56 Å². The third kappa shape index (κ3) is 3.99. The minimum atomic E-state index is -0.249. The monoisotopic (exact) mass is 463 g/mol. The summed E-state index contributed by atoms with van der Waals surface area (Å²) in [6.07, 6.45) is 1.40. The largest absolute Gasteiger partial charge is 0.348 e. The molecule has 3 rings (SSSR count). The molecule has 2 aromatic carbocycles. The Kier molecular flexibility index (Phi) is 5.34. The Morgan fingerprint density at radius 3 is 2.76 bits per heavy atom. The van der Waals surface area contributed by atoms with Crippen molar-refractivity contribution in [1.29, 1.82) is 0 Å². The van der Waals surface area contributed by atoms with Gasteiger partial charge in [0, 0.05) is 8.95 Å². The molecule has 1 amide bonds. The highest BCUT2D eigenvalue weighted by atomic mass is 79.9. The van der Waals surface area contributed by atoms with E-state index in [1.807, 2.05) is 37.3 Å². The van der Waals surface area contributed by atoms with Crippen LogP contribution in [0.1, 0.15) is 18.5 Å². The fourth-order valence-corrected chi connectivity index (χ4v) is 3.58. The first-order valence-corrected chi connectivity index (χ1v) is 9.23. The maximum atomic E-state index is 12.5. The molecule has 0 spiro atoms. The molecule has 7 heteroatoms. The van der Waals surface area contributed by atoms with Crippen molar-refractivity contribution in [2.45, 2.75) is 19.5 Å². The number of hydrogen-bond acceptors (Lipinski definition) is 3. The number of benzene rings is 2. The van der Waals surface area contributed by atoms with E-state index in [9.17, 15) is 9.59 Å². The second-order valence-electron chi connectivity index (χ2n) is 5.65. The summed E-state index contributed by atoms with van der Waals surface area (Å²) < 4.78 is 3.04. The van der Waals surface area contributed by atoms with Crippen LogP contribution in [0.2, 0.25) is 0 Å². The van der Waals surface area contributed by atoms with Crippen LogP contribution in [0, 0.1) is 0 Å². The van der Waals surface area contributed by atoms with Gasteiger partial charge < -0.3 is 5.32 Å². The van der Waals surface area contributed by atoms with Crippen LogP contribution in [0.5, 0.6) is 0 Å². The Balaban J connectivity index is 1.79. The number of aromatic nitrogens is 2. The number of halogens is 2. The average Bonchev–Trinajstić information content (AvgIpc) is 2.58. The first-order chi connectivity index (χ1) is 12.0. The zero-order chi connectivity index (χ0) is 18.0. The lowest BCUT2D eigenvalue weighted by atomic mass is 10.1. The van der Waals surface area contributed by atoms with Crippen LogP contribution in [-0.2, 0) is 11.3 Å². The van der Waals surface area contributed by atoms with Gasteiger partial charge in [0.05, 0.1) is 23.3 Å². The molecule has 0 bridgehead atoms. The predicted octanol–water partition coefficient (Wildman–Crippen LogP) is 3.80. The summed E-state index contributed by atoms with van der Waals surface area (Å²) in [7, 11) is 0. The van der Waals surface area contributed by atoms with E-state index in [1.165, 1.54) is 10.9 Å². The van der Waals surface area contributed by atoms with E-state index >= 15 is 0 Å². The van der Waals surface area contributed by atoms with Crippen LogP contribution in [0.3, 0.4) is 0 Å². The summed E-state index contributed by atoms with van der Waals surface area (Å²) in [6, 6.07) is 12.8. The van der Waals surface area contributed by atoms with Crippen molar-refractivity contribution in [3.63, 3.8) is 0 Å². The lowest BCUT2D eigenvalue weighted by molar-refractivity contribution is -0.122. The molecule has 0 aliphatic heterocycles. The topological polar surface area (TPSA) is 64.0 Å². The molecule has 1 heterocycles. The highest BCUT2D eigenvalue weighted by Crippen LogP contribution is 2.22. The molecule has 5 nitrogen and oxygen atoms in total. The van der Waals surface area contributed by atoms with Gasteiger partial charge in [-0.2, -0.15) is 0 Å². The van der Waals surface area contributed by atoms with E-state index in [0.29, 0.717) is 10.9 Å². The highest BCUT2D eigenvalue weighted by Gasteiger charge is 2.14. The zero-order valence-corrected chi connectivity index (χ0v) is 16.5. The summed E-state index contributed by atoms with van der Waals surface area (Å²) in [5.41, 5.74) is 1.34. The van der Waals surface area contributed by atoms with Crippen molar-refractivity contribution in [1.82, 2.24) is 14.9 Å². The van der Waals surface area contributed by atoms with Gasteiger partial charge in [-0.1, -0.05) is 50.1 Å². The molecular formula is C18H15Br2N3O2. The number of fused-ring (bicyclic) bond motifs is 1. The quantitative estimate of drug-likeness (QED) is 0.638. The predicted molar refractivity (Wildman–Crippen MR) is 104 cm³/mol. The number of hydrogen-bond donors (Lipinski definition) is 1. The molecule has 1 atom stereocenters. The van der Waals surface area contributed by atoms with Gasteiger partial charge in [0.1, 0.15) is 6.54 Å². The minimum absolute atomic E-state index is 0.0803. The van der Waals surface area contributed by atoms with E-state index < -0.39 is 0 Å². The van der Waals surface area contributed by atoms with Crippen LogP contribution in [-0.4, -0.2) is 15.5 Å². The van der Waals surface area contributed by atoms with Gasteiger partial charge in [-0.05, 0) is 36.8 Å². The number of carbonyl (C=O) groups is 1. The van der Waals surface area contributed by atoms with Crippen molar-refractivity contribution in [2.75, 3.05) is 0 Å². The molecule has 1 aromatic heterocycles. The van der Waals surface area contributed by atoms with Gasteiger partial charge in [-0.25, -0.2) is 4.98 Å². The third-order valence-corrected chi connectivity index (χ3v) is 5.06. The van der Waals surface area contributed by atoms with Gasteiger partial charge in [0.15, 0.2) is 0 Å². The van der Waals surface area contributed by atoms with Crippen LogP contribution in [0.4, 0.5) is 0 Å². The van der Waals surface area contributed by atoms with Crippen LogP contribution >= 0.6 is 31.9 Å². The molecule has 25 heavy (non-hydrogen) atoms. The van der Waals surface area contributed by atoms with Crippen molar-refractivity contribution in [3.05, 3.63) is 73.7 Å². The SMILES string of the molecule is CC(NC(=O)Cn1cnc2ccc(Br)cc2c1=O)c1ccccc1Br. The van der Waals surface area contributed by atoms with Gasteiger partial charge in [0.2, 0.25) is 5.91 Å². The Labute approximate surface area is 161 Å². The Bertz CT molecular complexity index is 1000. The summed E-state index contributed by atoms with van der Waals surface area (Å²) >= 11 is 6.83. The van der Waals surface area contributed by atoms with Crippen molar-refractivity contribution < 1.29 is 4.79 Å². The summed E-state index contributed by atoms with van der Waals surface area (Å²) in [5.74, 6) is -0.249. The number of carbonyl (C=O) groups excluding carboxylic acids is 1. The molecule has 3 aromatic rings. The van der Waals surface area contributed by atoms with Crippen molar-refractivity contribution in [2.24, 2.45) is 0 Å². The first kappa shape index (κ1) is 17.8. The van der Waals surface area contributed by atoms with E-state index in [-0.39, 0.29) is 24.1 Å². The number of rotatable bonds is 4. The minimum Gasteiger partial charge on any atom is -0.348 e. The van der Waals surface area contributed by atoms with E-state index in [1.54, 1.807) is 12.1 Å². The molecule has 1 unspecified atom stereocenters. The standard InChI is InChI=1S/C18H15Br2N3O2/c1-11(13-4-2-3-5-15(13)20)22-17(24)9-23-10-21-16-7-6-12(19)8-14(16)18(23)25/h2-8,10-11H,9H2,1H3,(H,22,24). The fourth-order valence-electron chi connectivity index (χ4n) is 2.59. The highest BCUT2D eigenvalue weighted by molar-refractivity contribution is 9.10. The molecule has 0 aliphatic carbocycles. The van der Waals surface area contributed by atoms with Gasteiger partial charge in [-0.15, -0.1) is 0 Å². The molecule has 0 fully saturated rings. The maximum Gasteiger partial charge on any atom is 0.261 e. The molecule has 0 saturated carbocycles. The smallest absolute Gasteiger partial charge is 0.261 e.